The lowest BCUT2D eigenvalue weighted by Gasteiger charge is -2.13. The Balaban J connectivity index is 2.18. The summed E-state index contributed by atoms with van der Waals surface area (Å²) in [6, 6.07) is 7.79. The van der Waals surface area contributed by atoms with Crippen molar-refractivity contribution in [3.8, 4) is 28.7 Å². The van der Waals surface area contributed by atoms with Crippen LogP contribution in [0.5, 0.6) is 28.7 Å². The standard InChI is InChI=1S/C23H25NO9/c1-29-15-12-18(31-3)16(19(13-15)32-4)6-8-21(25)24-14-5-7-17(30-2)20(11-14)33-23(28)10-9-22(26)27/h5-8,11-13H,9-10H2,1-4H3,(H,24,25)(H,26,27)/b8-6+. The first-order valence-electron chi connectivity index (χ1n) is 9.70. The quantitative estimate of drug-likeness (QED) is 0.296. The predicted octanol–water partition coefficient (Wildman–Crippen LogP) is 3.14. The van der Waals surface area contributed by atoms with Gasteiger partial charge in [-0.3, -0.25) is 14.4 Å². The van der Waals surface area contributed by atoms with Gasteiger partial charge in [-0.1, -0.05) is 0 Å². The number of aliphatic carboxylic acids is 1. The van der Waals surface area contributed by atoms with E-state index in [1.165, 1.54) is 52.7 Å². The summed E-state index contributed by atoms with van der Waals surface area (Å²) in [7, 11) is 5.88. The highest BCUT2D eigenvalue weighted by molar-refractivity contribution is 6.02. The SMILES string of the molecule is COc1cc(OC)c(/C=C/C(=O)Nc2ccc(OC)c(OC(=O)CCC(=O)O)c2)c(OC)c1. The molecule has 2 N–H and O–H groups in total. The van der Waals surface area contributed by atoms with Gasteiger partial charge in [0, 0.05) is 30.0 Å². The molecule has 0 unspecified atom stereocenters. The Morgan fingerprint density at radius 2 is 1.48 bits per heavy atom. The Hall–Kier alpha value is -4.21. The van der Waals surface area contributed by atoms with E-state index < -0.39 is 17.8 Å². The molecule has 0 bridgehead atoms. The molecule has 2 aromatic rings. The average Bonchev–Trinajstić information content (AvgIpc) is 2.81. The maximum absolute atomic E-state index is 12.5. The first-order chi connectivity index (χ1) is 15.8. The second-order valence-corrected chi connectivity index (χ2v) is 6.50. The van der Waals surface area contributed by atoms with Crippen LogP contribution in [0.2, 0.25) is 0 Å². The monoisotopic (exact) mass is 459 g/mol. The number of amides is 1. The summed E-state index contributed by atoms with van der Waals surface area (Å²) in [5.74, 6) is -0.578. The number of hydrogen-bond donors (Lipinski definition) is 2. The van der Waals surface area contributed by atoms with Crippen LogP contribution in [-0.2, 0) is 14.4 Å². The number of carbonyl (C=O) groups excluding carboxylic acids is 2. The number of carboxylic acids is 1. The van der Waals surface area contributed by atoms with E-state index in [1.807, 2.05) is 0 Å². The number of nitrogens with one attached hydrogen (secondary N) is 1. The number of ether oxygens (including phenoxy) is 5. The molecule has 0 spiro atoms. The Morgan fingerprint density at radius 1 is 0.848 bits per heavy atom. The van der Waals surface area contributed by atoms with Crippen molar-refractivity contribution in [1.82, 2.24) is 0 Å². The minimum Gasteiger partial charge on any atom is -0.496 e. The summed E-state index contributed by atoms with van der Waals surface area (Å²) in [6.07, 6.45) is 2.16. The van der Waals surface area contributed by atoms with E-state index in [9.17, 15) is 14.4 Å². The zero-order valence-electron chi connectivity index (χ0n) is 18.7. The van der Waals surface area contributed by atoms with E-state index in [0.29, 0.717) is 28.5 Å². The molecule has 0 aliphatic carbocycles. The molecule has 0 aliphatic heterocycles. The van der Waals surface area contributed by atoms with Gasteiger partial charge in [-0.25, -0.2) is 0 Å². The van der Waals surface area contributed by atoms with Crippen molar-refractivity contribution in [2.45, 2.75) is 12.8 Å². The minimum atomic E-state index is -1.11. The van der Waals surface area contributed by atoms with Crippen LogP contribution in [0.25, 0.3) is 6.08 Å². The Bertz CT molecular complexity index is 1020. The summed E-state index contributed by atoms with van der Waals surface area (Å²) in [5.41, 5.74) is 0.874. The van der Waals surface area contributed by atoms with Crippen molar-refractivity contribution in [2.24, 2.45) is 0 Å². The minimum absolute atomic E-state index is 0.0492. The van der Waals surface area contributed by atoms with E-state index >= 15 is 0 Å². The van der Waals surface area contributed by atoms with Crippen LogP contribution in [0.15, 0.2) is 36.4 Å². The second kappa shape index (κ2) is 12.0. The lowest BCUT2D eigenvalue weighted by molar-refractivity contribution is -0.142. The van der Waals surface area contributed by atoms with Gasteiger partial charge in [0.25, 0.3) is 0 Å². The number of hydrogen-bond acceptors (Lipinski definition) is 8. The Morgan fingerprint density at radius 3 is 2.03 bits per heavy atom. The topological polar surface area (TPSA) is 130 Å². The Labute approximate surface area is 190 Å². The van der Waals surface area contributed by atoms with Crippen LogP contribution >= 0.6 is 0 Å². The molecule has 0 saturated heterocycles. The summed E-state index contributed by atoms with van der Waals surface area (Å²) < 4.78 is 26.2. The van der Waals surface area contributed by atoms with Crippen molar-refractivity contribution in [3.05, 3.63) is 42.0 Å². The van der Waals surface area contributed by atoms with Crippen LogP contribution in [0.1, 0.15) is 18.4 Å². The van der Waals surface area contributed by atoms with E-state index in [4.69, 9.17) is 28.8 Å². The third-order valence-electron chi connectivity index (χ3n) is 4.35. The van der Waals surface area contributed by atoms with Crippen molar-refractivity contribution >= 4 is 29.6 Å². The molecule has 1 amide bonds. The lowest BCUT2D eigenvalue weighted by atomic mass is 10.1. The highest BCUT2D eigenvalue weighted by Gasteiger charge is 2.14. The van der Waals surface area contributed by atoms with Crippen molar-refractivity contribution in [2.75, 3.05) is 33.8 Å². The smallest absolute Gasteiger partial charge is 0.311 e. The molecule has 176 valence electrons. The molecule has 10 nitrogen and oxygen atoms in total. The molecule has 0 heterocycles. The van der Waals surface area contributed by atoms with E-state index in [0.717, 1.165) is 0 Å². The maximum atomic E-state index is 12.5. The first kappa shape index (κ1) is 25.1. The summed E-state index contributed by atoms with van der Waals surface area (Å²) in [5, 5.41) is 11.3. The zero-order valence-corrected chi connectivity index (χ0v) is 18.7. The van der Waals surface area contributed by atoms with Gasteiger partial charge in [0.2, 0.25) is 5.91 Å². The van der Waals surface area contributed by atoms with E-state index in [-0.39, 0.29) is 24.3 Å². The van der Waals surface area contributed by atoms with Gasteiger partial charge < -0.3 is 34.1 Å². The van der Waals surface area contributed by atoms with Gasteiger partial charge in [-0.2, -0.15) is 0 Å². The van der Waals surface area contributed by atoms with Crippen molar-refractivity contribution in [1.29, 1.82) is 0 Å². The summed E-state index contributed by atoms with van der Waals surface area (Å²) in [6.45, 7) is 0. The average molecular weight is 459 g/mol. The summed E-state index contributed by atoms with van der Waals surface area (Å²) in [4.78, 5) is 35.0. The van der Waals surface area contributed by atoms with Crippen molar-refractivity contribution < 1.29 is 43.2 Å². The summed E-state index contributed by atoms with van der Waals surface area (Å²) >= 11 is 0. The molecular formula is C23H25NO9. The predicted molar refractivity (Wildman–Crippen MR) is 119 cm³/mol. The number of rotatable bonds is 11. The fourth-order valence-corrected chi connectivity index (χ4v) is 2.76. The molecule has 0 aliphatic rings. The molecule has 2 rings (SSSR count). The third kappa shape index (κ3) is 7.17. The number of esters is 1. The fraction of sp³-hybridized carbons (Fsp3) is 0.261. The molecule has 0 saturated carbocycles. The van der Waals surface area contributed by atoms with Gasteiger partial charge in [-0.15, -0.1) is 0 Å². The first-order valence-corrected chi connectivity index (χ1v) is 9.70. The van der Waals surface area contributed by atoms with Gasteiger partial charge in [0.15, 0.2) is 11.5 Å². The molecule has 10 heteroatoms. The van der Waals surface area contributed by atoms with Gasteiger partial charge in [0.1, 0.15) is 17.2 Å². The number of carbonyl (C=O) groups is 3. The van der Waals surface area contributed by atoms with E-state index in [2.05, 4.69) is 5.32 Å². The van der Waals surface area contributed by atoms with Crippen LogP contribution < -0.4 is 29.0 Å². The van der Waals surface area contributed by atoms with E-state index in [1.54, 1.807) is 18.2 Å². The molecule has 0 fully saturated rings. The van der Waals surface area contributed by atoms with Crippen molar-refractivity contribution in [3.63, 3.8) is 0 Å². The zero-order chi connectivity index (χ0) is 24.4. The molecule has 33 heavy (non-hydrogen) atoms. The van der Waals surface area contributed by atoms with Crippen LogP contribution in [0, 0.1) is 0 Å². The largest absolute Gasteiger partial charge is 0.496 e. The third-order valence-corrected chi connectivity index (χ3v) is 4.35. The van der Waals surface area contributed by atoms with Crippen LogP contribution in [0.4, 0.5) is 5.69 Å². The molecule has 2 aromatic carbocycles. The number of benzene rings is 2. The second-order valence-electron chi connectivity index (χ2n) is 6.50. The molecule has 0 atom stereocenters. The lowest BCUT2D eigenvalue weighted by Crippen LogP contribution is -2.12. The van der Waals surface area contributed by atoms with Crippen LogP contribution in [-0.4, -0.2) is 51.4 Å². The molecule has 0 radical (unpaired) electrons. The van der Waals surface area contributed by atoms with Gasteiger partial charge >= 0.3 is 11.9 Å². The fourth-order valence-electron chi connectivity index (χ4n) is 2.76. The number of carboxylic acid groups (broad SMARTS) is 1. The molecule has 0 aromatic heterocycles. The van der Waals surface area contributed by atoms with Gasteiger partial charge in [0.05, 0.1) is 46.8 Å². The maximum Gasteiger partial charge on any atom is 0.311 e. The van der Waals surface area contributed by atoms with Gasteiger partial charge in [-0.05, 0) is 18.2 Å². The van der Waals surface area contributed by atoms with Crippen LogP contribution in [0.3, 0.4) is 0 Å². The normalized spacial score (nSPS) is 10.4. The number of anilines is 1. The highest BCUT2D eigenvalue weighted by Crippen LogP contribution is 2.35. The number of methoxy groups -OCH3 is 4. The Kier molecular flexibility index (Phi) is 9.10. The molecular weight excluding hydrogens is 434 g/mol. The highest BCUT2D eigenvalue weighted by atomic mass is 16.6.